The second-order valence-electron chi connectivity index (χ2n) is 3.19. The van der Waals surface area contributed by atoms with Crippen molar-refractivity contribution in [2.45, 2.75) is 12.2 Å². The first kappa shape index (κ1) is 11.7. The monoisotopic (exact) mass is 229 g/mol. The summed E-state index contributed by atoms with van der Waals surface area (Å²) in [5, 5.41) is 0. The number of hydrogen-bond acceptors (Lipinski definition) is 3. The van der Waals surface area contributed by atoms with E-state index in [4.69, 9.17) is 10.3 Å². The zero-order valence-corrected chi connectivity index (χ0v) is 8.70. The number of rotatable bonds is 4. The van der Waals surface area contributed by atoms with E-state index in [0.29, 0.717) is 11.1 Å². The molecule has 1 aromatic rings. The second-order valence-corrected chi connectivity index (χ2v) is 4.64. The van der Waals surface area contributed by atoms with Gasteiger partial charge in [-0.3, -0.25) is 9.35 Å². The highest BCUT2D eigenvalue weighted by molar-refractivity contribution is 7.85. The number of primary amides is 1. The van der Waals surface area contributed by atoms with Crippen LogP contribution in [-0.2, 0) is 27.1 Å². The van der Waals surface area contributed by atoms with Crippen molar-refractivity contribution in [3.8, 4) is 0 Å². The Kier molecular flexibility index (Phi) is 3.43. The molecule has 82 valence electrons. The maximum Gasteiger partial charge on any atom is 0.269 e. The summed E-state index contributed by atoms with van der Waals surface area (Å²) in [6.45, 7) is 0. The van der Waals surface area contributed by atoms with E-state index in [2.05, 4.69) is 0 Å². The third kappa shape index (κ3) is 4.57. The molecule has 0 unspecified atom stereocenters. The Morgan fingerprint density at radius 1 is 1.20 bits per heavy atom. The molecule has 0 saturated carbocycles. The average molecular weight is 229 g/mol. The normalized spacial score (nSPS) is 11.3. The van der Waals surface area contributed by atoms with Crippen LogP contribution in [0.25, 0.3) is 0 Å². The minimum Gasteiger partial charge on any atom is -0.369 e. The molecule has 0 aliphatic rings. The lowest BCUT2D eigenvalue weighted by Crippen LogP contribution is -2.13. The van der Waals surface area contributed by atoms with Gasteiger partial charge in [-0.15, -0.1) is 0 Å². The maximum absolute atomic E-state index is 10.6. The molecule has 0 fully saturated rings. The van der Waals surface area contributed by atoms with E-state index in [1.54, 1.807) is 12.1 Å². The molecule has 15 heavy (non-hydrogen) atoms. The highest BCUT2D eigenvalue weighted by Crippen LogP contribution is 2.07. The van der Waals surface area contributed by atoms with Gasteiger partial charge in [-0.05, 0) is 11.1 Å². The molecule has 0 heterocycles. The van der Waals surface area contributed by atoms with Crippen LogP contribution in [-0.4, -0.2) is 18.9 Å². The molecule has 1 rings (SSSR count). The first-order valence-corrected chi connectivity index (χ1v) is 5.79. The highest BCUT2D eigenvalue weighted by atomic mass is 32.2. The zero-order valence-electron chi connectivity index (χ0n) is 7.88. The molecule has 3 N–H and O–H groups in total. The van der Waals surface area contributed by atoms with E-state index in [1.807, 2.05) is 0 Å². The number of benzene rings is 1. The molecule has 1 amide bonds. The molecule has 1 aromatic carbocycles. The molecule has 5 nitrogen and oxygen atoms in total. The molecule has 0 atom stereocenters. The third-order valence-corrected chi connectivity index (χ3v) is 2.45. The fraction of sp³-hybridized carbons (Fsp3) is 0.222. The SMILES string of the molecule is NC(=O)Cc1ccc(CS(=O)(=O)O)cc1. The molecule has 0 saturated heterocycles. The topological polar surface area (TPSA) is 97.5 Å². The summed E-state index contributed by atoms with van der Waals surface area (Å²) in [5.41, 5.74) is 6.16. The van der Waals surface area contributed by atoms with Crippen LogP contribution in [0.1, 0.15) is 11.1 Å². The molecular weight excluding hydrogens is 218 g/mol. The van der Waals surface area contributed by atoms with E-state index >= 15 is 0 Å². The fourth-order valence-corrected chi connectivity index (χ4v) is 1.78. The first-order chi connectivity index (χ1) is 6.87. The molecule has 0 spiro atoms. The van der Waals surface area contributed by atoms with Crippen molar-refractivity contribution in [3.63, 3.8) is 0 Å². The van der Waals surface area contributed by atoms with Crippen LogP contribution in [0.3, 0.4) is 0 Å². The summed E-state index contributed by atoms with van der Waals surface area (Å²) in [4.78, 5) is 10.6. The van der Waals surface area contributed by atoms with Crippen LogP contribution in [0.15, 0.2) is 24.3 Å². The predicted molar refractivity (Wildman–Crippen MR) is 54.6 cm³/mol. The highest BCUT2D eigenvalue weighted by Gasteiger charge is 2.06. The van der Waals surface area contributed by atoms with Crippen LogP contribution in [0.5, 0.6) is 0 Å². The molecule has 0 aromatic heterocycles. The van der Waals surface area contributed by atoms with Gasteiger partial charge in [0, 0.05) is 0 Å². The summed E-state index contributed by atoms with van der Waals surface area (Å²) >= 11 is 0. The molecular formula is C9H11NO4S. The fourth-order valence-electron chi connectivity index (χ4n) is 1.17. The van der Waals surface area contributed by atoms with Crippen molar-refractivity contribution in [2.75, 3.05) is 0 Å². The lowest BCUT2D eigenvalue weighted by molar-refractivity contribution is -0.117. The summed E-state index contributed by atoms with van der Waals surface area (Å²) in [6, 6.07) is 6.27. The van der Waals surface area contributed by atoms with Crippen LogP contribution >= 0.6 is 0 Å². The molecule has 0 bridgehead atoms. The molecule has 6 heteroatoms. The van der Waals surface area contributed by atoms with Gasteiger partial charge in [-0.1, -0.05) is 24.3 Å². The lowest BCUT2D eigenvalue weighted by Gasteiger charge is -2.00. The van der Waals surface area contributed by atoms with E-state index in [9.17, 15) is 13.2 Å². The van der Waals surface area contributed by atoms with Crippen LogP contribution in [0.4, 0.5) is 0 Å². The Morgan fingerprint density at radius 2 is 1.67 bits per heavy atom. The summed E-state index contributed by atoms with van der Waals surface area (Å²) < 4.78 is 29.7. The van der Waals surface area contributed by atoms with Crippen molar-refractivity contribution in [1.29, 1.82) is 0 Å². The van der Waals surface area contributed by atoms with Gasteiger partial charge in [-0.2, -0.15) is 8.42 Å². The number of carbonyl (C=O) groups is 1. The Balaban J connectivity index is 2.77. The van der Waals surface area contributed by atoms with E-state index in [1.165, 1.54) is 12.1 Å². The van der Waals surface area contributed by atoms with Crippen molar-refractivity contribution in [2.24, 2.45) is 5.73 Å². The number of nitrogens with two attached hydrogens (primary N) is 1. The van der Waals surface area contributed by atoms with E-state index in [-0.39, 0.29) is 6.42 Å². The molecule has 0 radical (unpaired) electrons. The minimum atomic E-state index is -4.00. The van der Waals surface area contributed by atoms with Crippen molar-refractivity contribution in [3.05, 3.63) is 35.4 Å². The van der Waals surface area contributed by atoms with Crippen LogP contribution < -0.4 is 5.73 Å². The largest absolute Gasteiger partial charge is 0.369 e. The first-order valence-electron chi connectivity index (χ1n) is 4.18. The number of hydrogen-bond donors (Lipinski definition) is 2. The van der Waals surface area contributed by atoms with Gasteiger partial charge in [0.2, 0.25) is 5.91 Å². The minimum absolute atomic E-state index is 0.117. The Bertz CT molecular complexity index is 450. The number of carbonyl (C=O) groups excluding carboxylic acids is 1. The predicted octanol–water partition coefficient (Wildman–Crippen LogP) is 0.102. The Morgan fingerprint density at radius 3 is 2.07 bits per heavy atom. The molecule has 0 aliphatic carbocycles. The smallest absolute Gasteiger partial charge is 0.269 e. The van der Waals surface area contributed by atoms with Crippen LogP contribution in [0.2, 0.25) is 0 Å². The van der Waals surface area contributed by atoms with E-state index < -0.39 is 21.8 Å². The van der Waals surface area contributed by atoms with Crippen molar-refractivity contribution < 1.29 is 17.8 Å². The van der Waals surface area contributed by atoms with Crippen LogP contribution in [0, 0.1) is 0 Å². The standard InChI is InChI=1S/C9H11NO4S/c10-9(11)5-7-1-3-8(4-2-7)6-15(12,13)14/h1-4H,5-6H2,(H2,10,11)(H,12,13,14). The van der Waals surface area contributed by atoms with Gasteiger partial charge in [-0.25, -0.2) is 0 Å². The average Bonchev–Trinajstić information content (AvgIpc) is 2.05. The zero-order chi connectivity index (χ0) is 11.5. The lowest BCUT2D eigenvalue weighted by atomic mass is 10.1. The van der Waals surface area contributed by atoms with Crippen molar-refractivity contribution in [1.82, 2.24) is 0 Å². The van der Waals surface area contributed by atoms with E-state index in [0.717, 1.165) is 0 Å². The molecule has 0 aliphatic heterocycles. The van der Waals surface area contributed by atoms with Crippen molar-refractivity contribution >= 4 is 16.0 Å². The Labute approximate surface area is 87.7 Å². The summed E-state index contributed by atoms with van der Waals surface area (Å²) in [5.74, 6) is -0.873. The van der Waals surface area contributed by atoms with Gasteiger partial charge >= 0.3 is 0 Å². The second kappa shape index (κ2) is 4.41. The van der Waals surface area contributed by atoms with Gasteiger partial charge in [0.25, 0.3) is 10.1 Å². The summed E-state index contributed by atoms with van der Waals surface area (Å²) in [6.07, 6.45) is 0.117. The third-order valence-electron chi connectivity index (χ3n) is 1.75. The van der Waals surface area contributed by atoms with Gasteiger partial charge < -0.3 is 5.73 Å². The number of amides is 1. The van der Waals surface area contributed by atoms with Gasteiger partial charge in [0.05, 0.1) is 6.42 Å². The van der Waals surface area contributed by atoms with Gasteiger partial charge in [0.15, 0.2) is 0 Å². The quantitative estimate of drug-likeness (QED) is 0.715. The maximum atomic E-state index is 10.6. The van der Waals surface area contributed by atoms with Gasteiger partial charge in [0.1, 0.15) is 5.75 Å². The summed E-state index contributed by atoms with van der Waals surface area (Å²) in [7, 11) is -4.00. The Hall–Kier alpha value is -1.40.